The summed E-state index contributed by atoms with van der Waals surface area (Å²) in [6.45, 7) is 0.620. The van der Waals surface area contributed by atoms with Crippen molar-refractivity contribution in [3.63, 3.8) is 0 Å². The van der Waals surface area contributed by atoms with Gasteiger partial charge in [0.2, 0.25) is 5.91 Å². The van der Waals surface area contributed by atoms with Gasteiger partial charge in [-0.3, -0.25) is 14.7 Å². The summed E-state index contributed by atoms with van der Waals surface area (Å²) in [5.41, 5.74) is 8.93. The molecule has 2 heterocycles. The number of rotatable bonds is 7. The van der Waals surface area contributed by atoms with Gasteiger partial charge in [0, 0.05) is 67.2 Å². The first-order chi connectivity index (χ1) is 14.4. The lowest BCUT2D eigenvalue weighted by molar-refractivity contribution is -0.111. The molecule has 1 aromatic heterocycles. The van der Waals surface area contributed by atoms with Crippen LogP contribution in [-0.4, -0.2) is 41.0 Å². The number of amides is 1. The standard InChI is InChI=1S/C22H23F2N5O/c23-22(24)8-10-29(15-22)14-16-1-4-19(5-2-16)28-21(30)6-3-17-13-27-9-7-20(17)18(11-25)12-26/h1-7,9,11-13,25H,8,10,14-15,26H2,(H,28,30)/b6-3+,18-12+,25-11?. The van der Waals surface area contributed by atoms with Crippen molar-refractivity contribution in [1.82, 2.24) is 9.88 Å². The van der Waals surface area contributed by atoms with Gasteiger partial charge in [0.25, 0.3) is 5.92 Å². The second kappa shape index (κ2) is 9.41. The third kappa shape index (κ3) is 5.57. The van der Waals surface area contributed by atoms with E-state index >= 15 is 0 Å². The molecular weight excluding hydrogens is 388 g/mol. The van der Waals surface area contributed by atoms with Crippen molar-refractivity contribution in [3.8, 4) is 0 Å². The molecule has 1 amide bonds. The van der Waals surface area contributed by atoms with Crippen LogP contribution in [0.5, 0.6) is 0 Å². The van der Waals surface area contributed by atoms with E-state index in [4.69, 9.17) is 11.1 Å². The summed E-state index contributed by atoms with van der Waals surface area (Å²) in [6.07, 6.45) is 8.51. The van der Waals surface area contributed by atoms with Crippen LogP contribution in [0.15, 0.2) is 55.0 Å². The molecule has 30 heavy (non-hydrogen) atoms. The number of benzene rings is 1. The molecule has 1 aliphatic rings. The van der Waals surface area contributed by atoms with Gasteiger partial charge in [-0.05, 0) is 35.4 Å². The Kier molecular flexibility index (Phi) is 6.68. The number of allylic oxidation sites excluding steroid dienone is 1. The highest BCUT2D eigenvalue weighted by molar-refractivity contribution is 6.10. The van der Waals surface area contributed by atoms with E-state index in [2.05, 4.69) is 10.3 Å². The Morgan fingerprint density at radius 1 is 1.30 bits per heavy atom. The molecule has 0 aliphatic carbocycles. The first-order valence-electron chi connectivity index (χ1n) is 9.45. The summed E-state index contributed by atoms with van der Waals surface area (Å²) >= 11 is 0. The lowest BCUT2D eigenvalue weighted by atomic mass is 10.0. The molecule has 1 aromatic carbocycles. The van der Waals surface area contributed by atoms with Crippen molar-refractivity contribution >= 4 is 29.5 Å². The zero-order valence-corrected chi connectivity index (χ0v) is 16.3. The van der Waals surface area contributed by atoms with Gasteiger partial charge in [0.15, 0.2) is 0 Å². The number of aromatic nitrogens is 1. The van der Waals surface area contributed by atoms with Crippen LogP contribution in [0.3, 0.4) is 0 Å². The second-order valence-corrected chi connectivity index (χ2v) is 7.07. The average Bonchev–Trinajstić information content (AvgIpc) is 3.08. The zero-order chi connectivity index (χ0) is 21.6. The molecule has 0 unspecified atom stereocenters. The van der Waals surface area contributed by atoms with E-state index in [0.717, 1.165) is 11.8 Å². The number of carbonyl (C=O) groups is 1. The van der Waals surface area contributed by atoms with Crippen LogP contribution in [0.4, 0.5) is 14.5 Å². The van der Waals surface area contributed by atoms with E-state index in [1.807, 2.05) is 12.1 Å². The minimum atomic E-state index is -2.60. The Morgan fingerprint density at radius 2 is 2.07 bits per heavy atom. The third-order valence-electron chi connectivity index (χ3n) is 4.79. The van der Waals surface area contributed by atoms with Gasteiger partial charge in [-0.2, -0.15) is 0 Å². The first-order valence-corrected chi connectivity index (χ1v) is 9.45. The number of likely N-dealkylation sites (tertiary alicyclic amines) is 1. The highest BCUT2D eigenvalue weighted by Gasteiger charge is 2.37. The highest BCUT2D eigenvalue weighted by atomic mass is 19.3. The molecule has 0 saturated carbocycles. The minimum Gasteiger partial charge on any atom is -0.404 e. The van der Waals surface area contributed by atoms with Gasteiger partial charge in [0.1, 0.15) is 0 Å². The molecule has 0 spiro atoms. The van der Waals surface area contributed by atoms with E-state index in [-0.39, 0.29) is 18.9 Å². The number of carbonyl (C=O) groups excluding carboxylic acids is 1. The minimum absolute atomic E-state index is 0.103. The number of hydrogen-bond donors (Lipinski definition) is 3. The van der Waals surface area contributed by atoms with E-state index < -0.39 is 5.92 Å². The maximum atomic E-state index is 13.3. The summed E-state index contributed by atoms with van der Waals surface area (Å²) < 4.78 is 26.6. The molecule has 3 rings (SSSR count). The first kappa shape index (κ1) is 21.3. The van der Waals surface area contributed by atoms with Crippen molar-refractivity contribution in [3.05, 3.63) is 71.7 Å². The maximum Gasteiger partial charge on any atom is 0.261 e. The van der Waals surface area contributed by atoms with Crippen molar-refractivity contribution in [2.24, 2.45) is 5.73 Å². The van der Waals surface area contributed by atoms with Crippen LogP contribution in [0, 0.1) is 5.41 Å². The SMILES string of the molecule is N=C/C(=C\N)c1ccncc1/C=C/C(=O)Nc1ccc(CN2CCC(F)(F)C2)cc1. The van der Waals surface area contributed by atoms with E-state index in [0.29, 0.717) is 35.5 Å². The molecule has 1 aliphatic heterocycles. The Balaban J connectivity index is 1.60. The van der Waals surface area contributed by atoms with E-state index in [1.54, 1.807) is 41.6 Å². The van der Waals surface area contributed by atoms with Crippen LogP contribution < -0.4 is 11.1 Å². The summed E-state index contributed by atoms with van der Waals surface area (Å²) in [5, 5.41) is 10.2. The number of nitrogens with zero attached hydrogens (tertiary/aromatic N) is 2. The lowest BCUT2D eigenvalue weighted by Gasteiger charge is -2.15. The number of nitrogens with one attached hydrogen (secondary N) is 2. The zero-order valence-electron chi connectivity index (χ0n) is 16.3. The maximum absolute atomic E-state index is 13.3. The smallest absolute Gasteiger partial charge is 0.261 e. The van der Waals surface area contributed by atoms with Gasteiger partial charge in [-0.1, -0.05) is 12.1 Å². The summed E-state index contributed by atoms with van der Waals surface area (Å²) in [7, 11) is 0. The van der Waals surface area contributed by atoms with Crippen molar-refractivity contribution in [2.75, 3.05) is 18.4 Å². The summed E-state index contributed by atoms with van der Waals surface area (Å²) in [6, 6.07) is 8.84. The largest absolute Gasteiger partial charge is 0.404 e. The normalized spacial score (nSPS) is 16.7. The van der Waals surface area contributed by atoms with Crippen molar-refractivity contribution < 1.29 is 13.6 Å². The van der Waals surface area contributed by atoms with Crippen molar-refractivity contribution in [1.29, 1.82) is 5.41 Å². The van der Waals surface area contributed by atoms with Crippen LogP contribution in [0.2, 0.25) is 0 Å². The molecule has 1 fully saturated rings. The molecule has 0 bridgehead atoms. The Bertz CT molecular complexity index is 970. The molecule has 0 radical (unpaired) electrons. The Labute approximate surface area is 173 Å². The lowest BCUT2D eigenvalue weighted by Crippen LogP contribution is -2.24. The quantitative estimate of drug-likeness (QED) is 0.480. The highest BCUT2D eigenvalue weighted by Crippen LogP contribution is 2.28. The fourth-order valence-electron chi connectivity index (χ4n) is 3.26. The van der Waals surface area contributed by atoms with Crippen molar-refractivity contribution in [2.45, 2.75) is 18.9 Å². The van der Waals surface area contributed by atoms with Gasteiger partial charge in [-0.15, -0.1) is 0 Å². The average molecular weight is 411 g/mol. The van der Waals surface area contributed by atoms with E-state index in [9.17, 15) is 13.6 Å². The molecular formula is C22H23F2N5O. The van der Waals surface area contributed by atoms with Crippen LogP contribution in [0.25, 0.3) is 11.6 Å². The number of anilines is 1. The molecule has 6 nitrogen and oxygen atoms in total. The Morgan fingerprint density at radius 3 is 2.70 bits per heavy atom. The summed E-state index contributed by atoms with van der Waals surface area (Å²) in [4.78, 5) is 18.0. The number of nitrogens with two attached hydrogens (primary N) is 1. The van der Waals surface area contributed by atoms with Crippen LogP contribution in [0.1, 0.15) is 23.1 Å². The number of halogens is 2. The van der Waals surface area contributed by atoms with Gasteiger partial charge >= 0.3 is 0 Å². The molecule has 2 aromatic rings. The number of alkyl halides is 2. The van der Waals surface area contributed by atoms with Crippen LogP contribution in [-0.2, 0) is 11.3 Å². The third-order valence-corrected chi connectivity index (χ3v) is 4.79. The van der Waals surface area contributed by atoms with Gasteiger partial charge in [-0.25, -0.2) is 8.78 Å². The number of hydrogen-bond acceptors (Lipinski definition) is 5. The number of pyridine rings is 1. The summed E-state index contributed by atoms with van der Waals surface area (Å²) in [5.74, 6) is -2.93. The fraction of sp³-hybridized carbons (Fsp3) is 0.227. The molecule has 4 N–H and O–H groups in total. The Hall–Kier alpha value is -3.39. The van der Waals surface area contributed by atoms with Crippen LogP contribution >= 0.6 is 0 Å². The molecule has 1 saturated heterocycles. The monoisotopic (exact) mass is 411 g/mol. The second-order valence-electron chi connectivity index (χ2n) is 7.07. The molecule has 0 atom stereocenters. The fourth-order valence-corrected chi connectivity index (χ4v) is 3.26. The molecule has 156 valence electrons. The molecule has 8 heteroatoms. The predicted molar refractivity (Wildman–Crippen MR) is 114 cm³/mol. The van der Waals surface area contributed by atoms with Gasteiger partial charge < -0.3 is 16.5 Å². The topological polar surface area (TPSA) is 95.1 Å². The van der Waals surface area contributed by atoms with E-state index in [1.165, 1.54) is 12.3 Å². The van der Waals surface area contributed by atoms with Gasteiger partial charge in [0.05, 0.1) is 6.54 Å². The predicted octanol–water partition coefficient (Wildman–Crippen LogP) is 3.52.